The molecular formula is C14H16BrNO4. The normalized spacial score (nSPS) is 21.7. The number of carboxylic acid groups (broad SMARTS) is 1. The van der Waals surface area contributed by atoms with E-state index in [-0.39, 0.29) is 18.9 Å². The minimum Gasteiger partial charge on any atom is -0.479 e. The predicted octanol–water partition coefficient (Wildman–Crippen LogP) is 1.66. The monoisotopic (exact) mass is 341 g/mol. The van der Waals surface area contributed by atoms with Crippen LogP contribution in [-0.4, -0.2) is 35.7 Å². The number of aryl methyl sites for hydroxylation is 1. The minimum absolute atomic E-state index is 0.0195. The first kappa shape index (κ1) is 15.0. The Kier molecular flexibility index (Phi) is 4.45. The largest absolute Gasteiger partial charge is 0.479 e. The number of ether oxygens (including phenoxy) is 1. The Bertz CT molecular complexity index is 538. The Morgan fingerprint density at radius 2 is 2.25 bits per heavy atom. The summed E-state index contributed by atoms with van der Waals surface area (Å²) in [7, 11) is 0. The summed E-state index contributed by atoms with van der Waals surface area (Å²) >= 11 is 3.41. The first-order chi connectivity index (χ1) is 9.43. The number of hydrogen-bond donors (Lipinski definition) is 2. The highest BCUT2D eigenvalue weighted by molar-refractivity contribution is 9.10. The van der Waals surface area contributed by atoms with Crippen LogP contribution in [0.2, 0.25) is 0 Å². The summed E-state index contributed by atoms with van der Waals surface area (Å²) in [6, 6.07) is 5.64. The Morgan fingerprint density at radius 3 is 2.80 bits per heavy atom. The minimum atomic E-state index is -1.28. The van der Waals surface area contributed by atoms with Gasteiger partial charge in [-0.25, -0.2) is 4.79 Å². The fourth-order valence-electron chi connectivity index (χ4n) is 2.13. The second-order valence-corrected chi connectivity index (χ2v) is 5.85. The highest BCUT2D eigenvalue weighted by Gasteiger charge is 2.43. The number of rotatable bonds is 4. The zero-order valence-electron chi connectivity index (χ0n) is 11.1. The van der Waals surface area contributed by atoms with Crippen molar-refractivity contribution < 1.29 is 19.4 Å². The molecule has 1 atom stereocenters. The van der Waals surface area contributed by atoms with Crippen molar-refractivity contribution in [3.63, 3.8) is 0 Å². The lowest BCUT2D eigenvalue weighted by Crippen LogP contribution is -2.55. The summed E-state index contributed by atoms with van der Waals surface area (Å²) in [6.07, 6.45) is 0.444. The number of nitrogens with one attached hydrogen (secondary N) is 1. The molecule has 1 aromatic carbocycles. The summed E-state index contributed by atoms with van der Waals surface area (Å²) in [5.41, 5.74) is 0.638. The fraction of sp³-hybridized carbons (Fsp3) is 0.429. The van der Waals surface area contributed by atoms with Crippen LogP contribution in [0.4, 0.5) is 0 Å². The standard InChI is InChI=1S/C14H16BrNO4/c1-9-2-3-10(6-11(9)15)7-12(17)16-14(13(18)19)4-5-20-8-14/h2-3,6H,4-5,7-8H2,1H3,(H,16,17)(H,18,19). The van der Waals surface area contributed by atoms with Crippen molar-refractivity contribution in [2.45, 2.75) is 25.3 Å². The molecule has 1 aliphatic rings. The van der Waals surface area contributed by atoms with Crippen molar-refractivity contribution in [1.82, 2.24) is 5.32 Å². The molecule has 2 N–H and O–H groups in total. The van der Waals surface area contributed by atoms with Gasteiger partial charge < -0.3 is 15.2 Å². The van der Waals surface area contributed by atoms with Gasteiger partial charge in [-0.15, -0.1) is 0 Å². The van der Waals surface area contributed by atoms with Crippen LogP contribution >= 0.6 is 15.9 Å². The van der Waals surface area contributed by atoms with Gasteiger partial charge in [0, 0.05) is 17.5 Å². The van der Waals surface area contributed by atoms with Crippen LogP contribution in [-0.2, 0) is 20.7 Å². The molecule has 6 heteroatoms. The van der Waals surface area contributed by atoms with E-state index in [0.717, 1.165) is 15.6 Å². The molecule has 1 aromatic rings. The maximum Gasteiger partial charge on any atom is 0.331 e. The SMILES string of the molecule is Cc1ccc(CC(=O)NC2(C(=O)O)CCOC2)cc1Br. The smallest absolute Gasteiger partial charge is 0.331 e. The molecule has 108 valence electrons. The van der Waals surface area contributed by atoms with Crippen molar-refractivity contribution in [1.29, 1.82) is 0 Å². The van der Waals surface area contributed by atoms with Crippen LogP contribution in [0, 0.1) is 6.92 Å². The van der Waals surface area contributed by atoms with Crippen molar-refractivity contribution in [2.75, 3.05) is 13.2 Å². The van der Waals surface area contributed by atoms with Crippen molar-refractivity contribution >= 4 is 27.8 Å². The van der Waals surface area contributed by atoms with Crippen molar-refractivity contribution in [2.24, 2.45) is 0 Å². The van der Waals surface area contributed by atoms with E-state index in [1.54, 1.807) is 0 Å². The van der Waals surface area contributed by atoms with E-state index >= 15 is 0 Å². The number of benzene rings is 1. The van der Waals surface area contributed by atoms with Crippen LogP contribution < -0.4 is 5.32 Å². The topological polar surface area (TPSA) is 75.6 Å². The third-order valence-corrected chi connectivity index (χ3v) is 4.26. The molecule has 0 radical (unpaired) electrons. The molecule has 5 nitrogen and oxygen atoms in total. The Balaban J connectivity index is 2.04. The van der Waals surface area contributed by atoms with Gasteiger partial charge in [-0.2, -0.15) is 0 Å². The Hall–Kier alpha value is -1.40. The molecular weight excluding hydrogens is 326 g/mol. The van der Waals surface area contributed by atoms with Gasteiger partial charge in [0.2, 0.25) is 5.91 Å². The van der Waals surface area contributed by atoms with Crippen molar-refractivity contribution in [3.05, 3.63) is 33.8 Å². The lowest BCUT2D eigenvalue weighted by molar-refractivity contribution is -0.147. The molecule has 1 aliphatic heterocycles. The lowest BCUT2D eigenvalue weighted by atomic mass is 9.98. The highest BCUT2D eigenvalue weighted by atomic mass is 79.9. The van der Waals surface area contributed by atoms with Gasteiger partial charge in [0.15, 0.2) is 5.54 Å². The lowest BCUT2D eigenvalue weighted by Gasteiger charge is -2.23. The zero-order valence-corrected chi connectivity index (χ0v) is 12.7. The average molecular weight is 342 g/mol. The van der Waals surface area contributed by atoms with E-state index in [2.05, 4.69) is 21.2 Å². The number of amides is 1. The zero-order chi connectivity index (χ0) is 14.8. The van der Waals surface area contributed by atoms with E-state index in [9.17, 15) is 14.7 Å². The summed E-state index contributed by atoms with van der Waals surface area (Å²) in [5, 5.41) is 11.9. The second kappa shape index (κ2) is 5.93. The maximum absolute atomic E-state index is 12.0. The van der Waals surface area contributed by atoms with Crippen LogP contribution in [0.15, 0.2) is 22.7 Å². The van der Waals surface area contributed by atoms with Gasteiger partial charge in [-0.05, 0) is 24.1 Å². The number of carboxylic acids is 1. The molecule has 0 saturated carbocycles. The van der Waals surface area contributed by atoms with E-state index in [1.807, 2.05) is 25.1 Å². The predicted molar refractivity (Wildman–Crippen MR) is 76.5 cm³/mol. The first-order valence-electron chi connectivity index (χ1n) is 6.30. The molecule has 2 rings (SSSR count). The van der Waals surface area contributed by atoms with Gasteiger partial charge in [0.1, 0.15) is 0 Å². The third kappa shape index (κ3) is 3.19. The van der Waals surface area contributed by atoms with E-state index in [1.165, 1.54) is 0 Å². The van der Waals surface area contributed by atoms with Crippen LogP contribution in [0.5, 0.6) is 0 Å². The van der Waals surface area contributed by atoms with Gasteiger partial charge in [-0.1, -0.05) is 28.1 Å². The van der Waals surface area contributed by atoms with Crippen LogP contribution in [0.3, 0.4) is 0 Å². The molecule has 1 saturated heterocycles. The highest BCUT2D eigenvalue weighted by Crippen LogP contribution is 2.20. The number of halogens is 1. The molecule has 1 unspecified atom stereocenters. The van der Waals surface area contributed by atoms with Crippen molar-refractivity contribution in [3.8, 4) is 0 Å². The third-order valence-electron chi connectivity index (χ3n) is 3.41. The quantitative estimate of drug-likeness (QED) is 0.873. The van der Waals surface area contributed by atoms with Gasteiger partial charge in [0.25, 0.3) is 0 Å². The summed E-state index contributed by atoms with van der Waals surface area (Å²) < 4.78 is 6.04. The Morgan fingerprint density at radius 1 is 1.50 bits per heavy atom. The summed E-state index contributed by atoms with van der Waals surface area (Å²) in [4.78, 5) is 23.3. The molecule has 20 heavy (non-hydrogen) atoms. The molecule has 0 aliphatic carbocycles. The van der Waals surface area contributed by atoms with E-state index in [4.69, 9.17) is 4.74 Å². The van der Waals surface area contributed by atoms with Crippen LogP contribution in [0.1, 0.15) is 17.5 Å². The first-order valence-corrected chi connectivity index (χ1v) is 7.09. The maximum atomic E-state index is 12.0. The second-order valence-electron chi connectivity index (χ2n) is 5.00. The molecule has 1 amide bonds. The summed E-state index contributed by atoms with van der Waals surface area (Å²) in [6.45, 7) is 2.33. The molecule has 1 fully saturated rings. The number of carbonyl (C=O) groups excluding carboxylic acids is 1. The Labute approximate surface area is 125 Å². The molecule has 0 bridgehead atoms. The summed E-state index contributed by atoms with van der Waals surface area (Å²) in [5.74, 6) is -1.36. The van der Waals surface area contributed by atoms with Gasteiger partial charge in [0.05, 0.1) is 13.0 Å². The molecule has 0 spiro atoms. The fourth-order valence-corrected chi connectivity index (χ4v) is 2.55. The molecule has 1 heterocycles. The number of hydrogen-bond acceptors (Lipinski definition) is 3. The van der Waals surface area contributed by atoms with Gasteiger partial charge >= 0.3 is 5.97 Å². The average Bonchev–Trinajstić information content (AvgIpc) is 2.83. The van der Waals surface area contributed by atoms with E-state index < -0.39 is 11.5 Å². The van der Waals surface area contributed by atoms with E-state index in [0.29, 0.717) is 13.0 Å². The van der Waals surface area contributed by atoms with Gasteiger partial charge in [-0.3, -0.25) is 4.79 Å². The number of aliphatic carboxylic acids is 1. The number of carbonyl (C=O) groups is 2. The molecule has 0 aromatic heterocycles. The van der Waals surface area contributed by atoms with Crippen LogP contribution in [0.25, 0.3) is 0 Å².